The molecule has 1 unspecified atom stereocenters. The van der Waals surface area contributed by atoms with E-state index in [2.05, 4.69) is 71.4 Å². The first-order valence-electron chi connectivity index (χ1n) is 6.55. The van der Waals surface area contributed by atoms with E-state index in [1.807, 2.05) is 12.1 Å². The van der Waals surface area contributed by atoms with Crippen molar-refractivity contribution < 1.29 is 0 Å². The summed E-state index contributed by atoms with van der Waals surface area (Å²) in [7, 11) is 0. The molecule has 3 aromatic rings. The summed E-state index contributed by atoms with van der Waals surface area (Å²) < 4.78 is 0. The van der Waals surface area contributed by atoms with Gasteiger partial charge in [-0.1, -0.05) is 82.1 Å². The van der Waals surface area contributed by atoms with Crippen LogP contribution in [0, 0.1) is 6.92 Å². The monoisotopic (exact) mass is 344 g/mol. The molecular formula is C18H14BrCl. The van der Waals surface area contributed by atoms with Crippen LogP contribution in [-0.4, -0.2) is 0 Å². The van der Waals surface area contributed by atoms with Gasteiger partial charge in [0.05, 0.1) is 4.83 Å². The van der Waals surface area contributed by atoms with Gasteiger partial charge in [0, 0.05) is 5.02 Å². The third-order valence-electron chi connectivity index (χ3n) is 3.68. The Bertz CT molecular complexity index is 759. The number of hydrogen-bond donors (Lipinski definition) is 0. The van der Waals surface area contributed by atoms with Gasteiger partial charge in [0.1, 0.15) is 0 Å². The van der Waals surface area contributed by atoms with Crippen LogP contribution in [0.4, 0.5) is 0 Å². The van der Waals surface area contributed by atoms with Crippen molar-refractivity contribution in [2.75, 3.05) is 0 Å². The number of fused-ring (bicyclic) bond motifs is 1. The first-order valence-corrected chi connectivity index (χ1v) is 7.84. The summed E-state index contributed by atoms with van der Waals surface area (Å²) >= 11 is 10.1. The van der Waals surface area contributed by atoms with Crippen LogP contribution in [0.2, 0.25) is 5.02 Å². The predicted octanol–water partition coefficient (Wildman–Crippen LogP) is 6.29. The van der Waals surface area contributed by atoms with Crippen LogP contribution in [0.1, 0.15) is 21.5 Å². The van der Waals surface area contributed by atoms with E-state index in [0.717, 1.165) is 10.6 Å². The van der Waals surface area contributed by atoms with Gasteiger partial charge < -0.3 is 0 Å². The zero-order valence-corrected chi connectivity index (χ0v) is 13.4. The molecule has 0 aliphatic rings. The fraction of sp³-hybridized carbons (Fsp3) is 0.111. The van der Waals surface area contributed by atoms with E-state index in [1.54, 1.807) is 0 Å². The Labute approximate surface area is 132 Å². The number of alkyl halides is 1. The van der Waals surface area contributed by atoms with Gasteiger partial charge in [-0.15, -0.1) is 0 Å². The van der Waals surface area contributed by atoms with Crippen LogP contribution >= 0.6 is 27.5 Å². The molecule has 0 fully saturated rings. The number of halogens is 2. The van der Waals surface area contributed by atoms with Crippen molar-refractivity contribution in [1.29, 1.82) is 0 Å². The molecule has 0 aliphatic heterocycles. The van der Waals surface area contributed by atoms with Gasteiger partial charge in [0.25, 0.3) is 0 Å². The zero-order valence-electron chi connectivity index (χ0n) is 11.1. The van der Waals surface area contributed by atoms with Crippen LogP contribution in [0.5, 0.6) is 0 Å². The first-order chi connectivity index (χ1) is 9.68. The molecule has 0 spiro atoms. The molecule has 0 saturated carbocycles. The molecule has 0 aliphatic carbocycles. The average molecular weight is 346 g/mol. The van der Waals surface area contributed by atoms with Crippen LogP contribution < -0.4 is 0 Å². The Kier molecular flexibility index (Phi) is 3.82. The summed E-state index contributed by atoms with van der Waals surface area (Å²) in [6.45, 7) is 2.07. The number of rotatable bonds is 2. The Morgan fingerprint density at radius 3 is 2.35 bits per heavy atom. The van der Waals surface area contributed by atoms with Crippen molar-refractivity contribution in [3.63, 3.8) is 0 Å². The molecule has 0 aromatic heterocycles. The Morgan fingerprint density at radius 1 is 0.850 bits per heavy atom. The highest BCUT2D eigenvalue weighted by molar-refractivity contribution is 9.09. The molecule has 0 nitrogen and oxygen atoms in total. The average Bonchev–Trinajstić information content (AvgIpc) is 2.49. The van der Waals surface area contributed by atoms with Gasteiger partial charge in [-0.05, 0) is 40.5 Å². The molecule has 20 heavy (non-hydrogen) atoms. The van der Waals surface area contributed by atoms with Crippen molar-refractivity contribution >= 4 is 38.3 Å². The van der Waals surface area contributed by atoms with Gasteiger partial charge >= 0.3 is 0 Å². The van der Waals surface area contributed by atoms with E-state index in [0.29, 0.717) is 0 Å². The van der Waals surface area contributed by atoms with E-state index >= 15 is 0 Å². The molecular weight excluding hydrogens is 332 g/mol. The summed E-state index contributed by atoms with van der Waals surface area (Å²) in [6.07, 6.45) is 0. The topological polar surface area (TPSA) is 0 Å². The Balaban J connectivity index is 2.18. The normalized spacial score (nSPS) is 12.6. The van der Waals surface area contributed by atoms with Crippen molar-refractivity contribution in [3.8, 4) is 0 Å². The van der Waals surface area contributed by atoms with Gasteiger partial charge in [0.15, 0.2) is 0 Å². The van der Waals surface area contributed by atoms with Crippen LogP contribution in [0.3, 0.4) is 0 Å². The molecule has 100 valence electrons. The highest BCUT2D eigenvalue weighted by Gasteiger charge is 2.16. The van der Waals surface area contributed by atoms with Gasteiger partial charge in [-0.3, -0.25) is 0 Å². The first kappa shape index (κ1) is 13.7. The van der Waals surface area contributed by atoms with Crippen LogP contribution in [-0.2, 0) is 0 Å². The van der Waals surface area contributed by atoms with Crippen molar-refractivity contribution in [2.45, 2.75) is 11.8 Å². The van der Waals surface area contributed by atoms with Gasteiger partial charge in [-0.2, -0.15) is 0 Å². The minimum atomic E-state index is 0.146. The summed E-state index contributed by atoms with van der Waals surface area (Å²) in [6, 6.07) is 20.9. The minimum absolute atomic E-state index is 0.146. The number of benzene rings is 3. The van der Waals surface area contributed by atoms with Crippen molar-refractivity contribution in [3.05, 3.63) is 82.4 Å². The molecule has 0 amide bonds. The maximum Gasteiger partial charge on any atom is 0.0653 e. The second-order valence-electron chi connectivity index (χ2n) is 4.88. The standard InChI is InChI=1S/C18H14BrCl/c1-12-14(9-5-11-17(12)20)18(19)16-10-4-7-13-6-2-3-8-15(13)16/h2-11,18H,1H3. The highest BCUT2D eigenvalue weighted by Crippen LogP contribution is 2.38. The van der Waals surface area contributed by atoms with Gasteiger partial charge in [0.2, 0.25) is 0 Å². The minimum Gasteiger partial charge on any atom is -0.0840 e. The highest BCUT2D eigenvalue weighted by atomic mass is 79.9. The van der Waals surface area contributed by atoms with Crippen molar-refractivity contribution in [1.82, 2.24) is 0 Å². The second-order valence-corrected chi connectivity index (χ2v) is 6.21. The fourth-order valence-electron chi connectivity index (χ4n) is 2.54. The second kappa shape index (κ2) is 5.59. The Hall–Kier alpha value is -1.31. The quantitative estimate of drug-likeness (QED) is 0.479. The summed E-state index contributed by atoms with van der Waals surface area (Å²) in [4.78, 5) is 0.146. The maximum atomic E-state index is 6.24. The lowest BCUT2D eigenvalue weighted by Crippen LogP contribution is -1.97. The summed E-state index contributed by atoms with van der Waals surface area (Å²) in [5.41, 5.74) is 3.62. The molecule has 0 saturated heterocycles. The lowest BCUT2D eigenvalue weighted by atomic mass is 9.96. The lowest BCUT2D eigenvalue weighted by Gasteiger charge is -2.16. The van der Waals surface area contributed by atoms with E-state index in [1.165, 1.54) is 21.9 Å². The third kappa shape index (κ3) is 2.36. The molecule has 2 heteroatoms. The lowest BCUT2D eigenvalue weighted by molar-refractivity contribution is 1.16. The van der Waals surface area contributed by atoms with E-state index in [9.17, 15) is 0 Å². The summed E-state index contributed by atoms with van der Waals surface area (Å²) in [5.74, 6) is 0. The molecule has 0 radical (unpaired) electrons. The van der Waals surface area contributed by atoms with Crippen LogP contribution in [0.25, 0.3) is 10.8 Å². The molecule has 3 rings (SSSR count). The molecule has 0 heterocycles. The molecule has 3 aromatic carbocycles. The van der Waals surface area contributed by atoms with E-state index in [-0.39, 0.29) is 4.83 Å². The fourth-order valence-corrected chi connectivity index (χ4v) is 3.61. The zero-order chi connectivity index (χ0) is 14.1. The van der Waals surface area contributed by atoms with Crippen LogP contribution in [0.15, 0.2) is 60.7 Å². The molecule has 0 bridgehead atoms. The smallest absolute Gasteiger partial charge is 0.0653 e. The van der Waals surface area contributed by atoms with Crippen molar-refractivity contribution in [2.24, 2.45) is 0 Å². The SMILES string of the molecule is Cc1c(Cl)cccc1C(Br)c1cccc2ccccc12. The largest absolute Gasteiger partial charge is 0.0840 e. The molecule has 0 N–H and O–H groups in total. The molecule has 1 atom stereocenters. The maximum absolute atomic E-state index is 6.24. The third-order valence-corrected chi connectivity index (χ3v) is 5.08. The Morgan fingerprint density at radius 2 is 1.50 bits per heavy atom. The summed E-state index contributed by atoms with van der Waals surface area (Å²) in [5, 5.41) is 3.34. The van der Waals surface area contributed by atoms with Gasteiger partial charge in [-0.25, -0.2) is 0 Å². The predicted molar refractivity (Wildman–Crippen MR) is 90.9 cm³/mol. The van der Waals surface area contributed by atoms with E-state index in [4.69, 9.17) is 11.6 Å². The number of hydrogen-bond acceptors (Lipinski definition) is 0. The van der Waals surface area contributed by atoms with E-state index < -0.39 is 0 Å².